The first-order chi connectivity index (χ1) is 8.58. The highest BCUT2D eigenvalue weighted by Crippen LogP contribution is 2.28. The molecule has 0 spiro atoms. The Labute approximate surface area is 103 Å². The Morgan fingerprint density at radius 3 is 2.44 bits per heavy atom. The van der Waals surface area contributed by atoms with E-state index in [0.717, 1.165) is 12.1 Å². The van der Waals surface area contributed by atoms with Gasteiger partial charge in [0, 0.05) is 0 Å². The first-order valence-corrected chi connectivity index (χ1v) is 5.31. The van der Waals surface area contributed by atoms with Gasteiger partial charge in [-0.15, -0.1) is 0 Å². The van der Waals surface area contributed by atoms with Crippen molar-refractivity contribution in [1.82, 2.24) is 0 Å². The lowest BCUT2D eigenvalue weighted by molar-refractivity contribution is 0.101. The van der Waals surface area contributed by atoms with Crippen LogP contribution in [-0.2, 0) is 0 Å². The third-order valence-electron chi connectivity index (χ3n) is 2.38. The van der Waals surface area contributed by atoms with E-state index in [2.05, 4.69) is 0 Å². The van der Waals surface area contributed by atoms with Gasteiger partial charge in [-0.2, -0.15) is 0 Å². The molecule has 4 heteroatoms. The number of Topliss-reactive ketones (excluding diaryl/α,β-unsaturated/α-hetero) is 1. The second-order valence-electron chi connectivity index (χ2n) is 3.73. The number of carbonyl (C=O) groups excluding carboxylic acids is 1. The lowest BCUT2D eigenvalue weighted by atomic mass is 10.1. The highest BCUT2D eigenvalue weighted by atomic mass is 19.1. The molecule has 0 aliphatic heterocycles. The van der Waals surface area contributed by atoms with Crippen molar-refractivity contribution in [1.29, 1.82) is 0 Å². The van der Waals surface area contributed by atoms with Gasteiger partial charge in [0.1, 0.15) is 11.6 Å². The molecule has 0 atom stereocenters. The van der Waals surface area contributed by atoms with E-state index in [0.29, 0.717) is 0 Å². The normalized spacial score (nSPS) is 10.2. The fourth-order valence-electron chi connectivity index (χ4n) is 1.51. The summed E-state index contributed by atoms with van der Waals surface area (Å²) in [5.74, 6) is -1.31. The minimum atomic E-state index is -0.545. The molecule has 0 saturated carbocycles. The number of halogens is 2. The molecule has 18 heavy (non-hydrogen) atoms. The van der Waals surface area contributed by atoms with Crippen LogP contribution >= 0.6 is 0 Å². The van der Waals surface area contributed by atoms with Crippen molar-refractivity contribution < 1.29 is 18.3 Å². The average Bonchev–Trinajstić information content (AvgIpc) is 2.34. The Morgan fingerprint density at radius 2 is 1.78 bits per heavy atom. The summed E-state index contributed by atoms with van der Waals surface area (Å²) in [7, 11) is 0. The highest BCUT2D eigenvalue weighted by Gasteiger charge is 2.12. The quantitative estimate of drug-likeness (QED) is 0.768. The third-order valence-corrected chi connectivity index (χ3v) is 2.38. The van der Waals surface area contributed by atoms with Gasteiger partial charge in [-0.1, -0.05) is 12.1 Å². The summed E-state index contributed by atoms with van der Waals surface area (Å²) < 4.78 is 31.7. The van der Waals surface area contributed by atoms with Crippen molar-refractivity contribution in [3.63, 3.8) is 0 Å². The van der Waals surface area contributed by atoms with Crippen molar-refractivity contribution in [3.05, 3.63) is 59.7 Å². The summed E-state index contributed by atoms with van der Waals surface area (Å²) in [6.45, 7) is 1.29. The van der Waals surface area contributed by atoms with Gasteiger partial charge in [0.15, 0.2) is 17.3 Å². The first-order valence-electron chi connectivity index (χ1n) is 5.31. The zero-order valence-electron chi connectivity index (χ0n) is 9.61. The van der Waals surface area contributed by atoms with E-state index >= 15 is 0 Å². The zero-order chi connectivity index (χ0) is 13.1. The number of ether oxygens (including phenoxy) is 1. The molecule has 0 saturated heterocycles. The number of hydrogen-bond donors (Lipinski definition) is 0. The molecule has 2 rings (SSSR count). The van der Waals surface area contributed by atoms with E-state index < -0.39 is 11.6 Å². The Morgan fingerprint density at radius 1 is 1.06 bits per heavy atom. The largest absolute Gasteiger partial charge is 0.454 e. The molecular weight excluding hydrogens is 238 g/mol. The van der Waals surface area contributed by atoms with Crippen LogP contribution in [0.2, 0.25) is 0 Å². The molecule has 0 fully saturated rings. The number of carbonyl (C=O) groups is 1. The van der Waals surface area contributed by atoms with Crippen LogP contribution in [0.1, 0.15) is 17.3 Å². The Kier molecular flexibility index (Phi) is 3.37. The molecule has 2 aromatic carbocycles. The van der Waals surface area contributed by atoms with Crippen LogP contribution in [0.3, 0.4) is 0 Å². The van der Waals surface area contributed by atoms with Crippen molar-refractivity contribution in [2.24, 2.45) is 0 Å². The number of rotatable bonds is 3. The number of para-hydroxylation sites is 1. The topological polar surface area (TPSA) is 26.3 Å². The molecule has 0 bridgehead atoms. The van der Waals surface area contributed by atoms with Gasteiger partial charge in [-0.25, -0.2) is 8.78 Å². The number of benzene rings is 2. The summed E-state index contributed by atoms with van der Waals surface area (Å²) in [6.07, 6.45) is 0. The van der Waals surface area contributed by atoms with Crippen LogP contribution < -0.4 is 4.74 Å². The molecule has 0 unspecified atom stereocenters. The summed E-state index contributed by atoms with van der Waals surface area (Å²) in [5.41, 5.74) is 0.0817. The van der Waals surface area contributed by atoms with Crippen LogP contribution in [0.15, 0.2) is 42.5 Å². The number of ketones is 1. The Bertz CT molecular complexity index is 594. The fraction of sp³-hybridized carbons (Fsp3) is 0.0714. The van der Waals surface area contributed by atoms with Gasteiger partial charge in [0.2, 0.25) is 0 Å². The molecule has 0 radical (unpaired) electrons. The maximum Gasteiger partial charge on any atom is 0.165 e. The monoisotopic (exact) mass is 248 g/mol. The highest BCUT2D eigenvalue weighted by molar-refractivity contribution is 5.96. The van der Waals surface area contributed by atoms with Gasteiger partial charge in [-0.05, 0) is 37.3 Å². The maximum absolute atomic E-state index is 13.4. The van der Waals surface area contributed by atoms with E-state index in [1.165, 1.54) is 31.2 Å². The Hall–Kier alpha value is -2.23. The van der Waals surface area contributed by atoms with Gasteiger partial charge in [-0.3, -0.25) is 4.79 Å². The second kappa shape index (κ2) is 4.96. The van der Waals surface area contributed by atoms with Gasteiger partial charge < -0.3 is 4.74 Å². The summed E-state index contributed by atoms with van der Waals surface area (Å²) >= 11 is 0. The van der Waals surface area contributed by atoms with E-state index in [1.54, 1.807) is 6.07 Å². The zero-order valence-corrected chi connectivity index (χ0v) is 9.61. The molecule has 0 aliphatic carbocycles. The lowest BCUT2D eigenvalue weighted by Crippen LogP contribution is -1.98. The minimum absolute atomic E-state index is 0.00777. The predicted molar refractivity (Wildman–Crippen MR) is 62.9 cm³/mol. The van der Waals surface area contributed by atoms with E-state index in [1.807, 2.05) is 0 Å². The molecule has 0 amide bonds. The van der Waals surface area contributed by atoms with Crippen molar-refractivity contribution in [3.8, 4) is 11.5 Å². The minimum Gasteiger partial charge on any atom is -0.454 e. The molecule has 0 aromatic heterocycles. The van der Waals surface area contributed by atoms with Crippen molar-refractivity contribution >= 4 is 5.78 Å². The maximum atomic E-state index is 13.4. The first kappa shape index (κ1) is 12.2. The standard InChI is InChI=1S/C14H10F2O2/c1-9(17)11-8-10(15)6-7-13(11)18-14-5-3-2-4-12(14)16/h2-8H,1H3. The van der Waals surface area contributed by atoms with Crippen LogP contribution in [0.5, 0.6) is 11.5 Å². The van der Waals surface area contributed by atoms with Crippen molar-refractivity contribution in [2.75, 3.05) is 0 Å². The molecule has 0 N–H and O–H groups in total. The molecule has 0 heterocycles. The van der Waals surface area contributed by atoms with Crippen LogP contribution in [-0.4, -0.2) is 5.78 Å². The Balaban J connectivity index is 2.41. The molecule has 2 nitrogen and oxygen atoms in total. The van der Waals surface area contributed by atoms with Crippen LogP contribution in [0, 0.1) is 11.6 Å². The molecular formula is C14H10F2O2. The molecule has 2 aromatic rings. The van der Waals surface area contributed by atoms with Crippen molar-refractivity contribution in [2.45, 2.75) is 6.92 Å². The van der Waals surface area contributed by atoms with Gasteiger partial charge >= 0.3 is 0 Å². The average molecular weight is 248 g/mol. The van der Waals surface area contributed by atoms with Crippen LogP contribution in [0.25, 0.3) is 0 Å². The van der Waals surface area contributed by atoms with E-state index in [-0.39, 0.29) is 22.8 Å². The predicted octanol–water partition coefficient (Wildman–Crippen LogP) is 3.96. The number of hydrogen-bond acceptors (Lipinski definition) is 2. The SMILES string of the molecule is CC(=O)c1cc(F)ccc1Oc1ccccc1F. The van der Waals surface area contributed by atoms with Gasteiger partial charge in [0.25, 0.3) is 0 Å². The molecule has 92 valence electrons. The summed E-state index contributed by atoms with van der Waals surface area (Å²) in [5, 5.41) is 0. The summed E-state index contributed by atoms with van der Waals surface area (Å²) in [4.78, 5) is 11.4. The fourth-order valence-corrected chi connectivity index (χ4v) is 1.51. The second-order valence-corrected chi connectivity index (χ2v) is 3.73. The lowest BCUT2D eigenvalue weighted by Gasteiger charge is -2.09. The third kappa shape index (κ3) is 2.53. The van der Waals surface area contributed by atoms with E-state index in [4.69, 9.17) is 4.74 Å². The summed E-state index contributed by atoms with van der Waals surface area (Å²) in [6, 6.07) is 9.34. The van der Waals surface area contributed by atoms with Gasteiger partial charge in [0.05, 0.1) is 5.56 Å². The molecule has 0 aliphatic rings. The van der Waals surface area contributed by atoms with E-state index in [9.17, 15) is 13.6 Å². The smallest absolute Gasteiger partial charge is 0.165 e. The van der Waals surface area contributed by atoms with Crippen LogP contribution in [0.4, 0.5) is 8.78 Å².